The van der Waals surface area contributed by atoms with Crippen LogP contribution in [0.25, 0.3) is 11.4 Å². The zero-order valence-electron chi connectivity index (χ0n) is 16.2. The third-order valence-corrected chi connectivity index (χ3v) is 4.86. The fourth-order valence-electron chi connectivity index (χ4n) is 3.29. The van der Waals surface area contributed by atoms with Gasteiger partial charge in [-0.1, -0.05) is 41.1 Å². The lowest BCUT2D eigenvalue weighted by Crippen LogP contribution is -2.23. The summed E-state index contributed by atoms with van der Waals surface area (Å²) < 4.78 is 5.26. The summed E-state index contributed by atoms with van der Waals surface area (Å²) >= 11 is 0. The number of amides is 2. The predicted octanol–water partition coefficient (Wildman–Crippen LogP) is 3.74. The smallest absolute Gasteiger partial charge is 0.227 e. The maximum Gasteiger partial charge on any atom is 0.227 e. The van der Waals surface area contributed by atoms with Crippen LogP contribution in [0.4, 0.5) is 11.4 Å². The van der Waals surface area contributed by atoms with E-state index in [9.17, 15) is 9.59 Å². The Morgan fingerprint density at radius 1 is 1.21 bits per heavy atom. The molecule has 1 fully saturated rings. The van der Waals surface area contributed by atoms with Gasteiger partial charge in [0.1, 0.15) is 0 Å². The minimum Gasteiger partial charge on any atom is -0.339 e. The minimum absolute atomic E-state index is 0.120. The van der Waals surface area contributed by atoms with E-state index < -0.39 is 0 Å². The first-order valence-corrected chi connectivity index (χ1v) is 9.68. The molecule has 4 rings (SSSR count). The summed E-state index contributed by atoms with van der Waals surface area (Å²) in [6.45, 7) is 2.74. The van der Waals surface area contributed by atoms with E-state index >= 15 is 0 Å². The monoisotopic (exact) mass is 390 g/mol. The van der Waals surface area contributed by atoms with Crippen LogP contribution < -0.4 is 10.2 Å². The van der Waals surface area contributed by atoms with Crippen LogP contribution in [0.5, 0.6) is 0 Å². The van der Waals surface area contributed by atoms with Crippen molar-refractivity contribution in [3.8, 4) is 11.4 Å². The number of rotatable bonds is 6. The Bertz CT molecular complexity index is 1030. The summed E-state index contributed by atoms with van der Waals surface area (Å²) in [4.78, 5) is 30.3. The molecule has 1 aromatic heterocycles. The van der Waals surface area contributed by atoms with Gasteiger partial charge in [0.05, 0.1) is 0 Å². The number of aryl methyl sites for hydroxylation is 2. The van der Waals surface area contributed by atoms with Gasteiger partial charge in [-0.25, -0.2) is 0 Å². The summed E-state index contributed by atoms with van der Waals surface area (Å²) in [5.74, 6) is 0.912. The molecule has 2 aromatic carbocycles. The van der Waals surface area contributed by atoms with Gasteiger partial charge < -0.3 is 14.7 Å². The number of carbonyl (C=O) groups is 2. The van der Waals surface area contributed by atoms with Gasteiger partial charge in [0, 0.05) is 42.7 Å². The highest BCUT2D eigenvalue weighted by atomic mass is 16.5. The van der Waals surface area contributed by atoms with Crippen molar-refractivity contribution in [2.75, 3.05) is 16.8 Å². The van der Waals surface area contributed by atoms with Gasteiger partial charge in [-0.3, -0.25) is 9.59 Å². The molecule has 3 aromatic rings. The summed E-state index contributed by atoms with van der Waals surface area (Å²) in [5, 5.41) is 6.85. The van der Waals surface area contributed by atoms with Crippen LogP contribution in [0.3, 0.4) is 0 Å². The van der Waals surface area contributed by atoms with Gasteiger partial charge in [-0.15, -0.1) is 0 Å². The Labute approximate surface area is 168 Å². The molecule has 148 valence electrons. The number of aromatic nitrogens is 2. The van der Waals surface area contributed by atoms with E-state index in [2.05, 4.69) is 15.5 Å². The normalized spacial score (nSPS) is 13.7. The van der Waals surface area contributed by atoms with Gasteiger partial charge >= 0.3 is 0 Å². The molecule has 2 heterocycles. The van der Waals surface area contributed by atoms with Crippen molar-refractivity contribution in [2.24, 2.45) is 0 Å². The molecule has 7 heteroatoms. The topological polar surface area (TPSA) is 88.3 Å². The van der Waals surface area contributed by atoms with Gasteiger partial charge in [0.25, 0.3) is 0 Å². The van der Waals surface area contributed by atoms with Crippen molar-refractivity contribution < 1.29 is 14.1 Å². The van der Waals surface area contributed by atoms with Crippen LogP contribution in [0.1, 0.15) is 30.7 Å². The molecule has 0 aliphatic carbocycles. The molecule has 0 atom stereocenters. The highest BCUT2D eigenvalue weighted by Gasteiger charge is 2.21. The van der Waals surface area contributed by atoms with E-state index in [0.717, 1.165) is 29.8 Å². The first kappa shape index (κ1) is 18.9. The number of carbonyl (C=O) groups excluding carboxylic acids is 2. The molecule has 29 heavy (non-hydrogen) atoms. The zero-order chi connectivity index (χ0) is 20.2. The predicted molar refractivity (Wildman–Crippen MR) is 109 cm³/mol. The Morgan fingerprint density at radius 3 is 2.79 bits per heavy atom. The minimum atomic E-state index is -0.148. The van der Waals surface area contributed by atoms with Crippen LogP contribution in [0, 0.1) is 6.92 Å². The first-order valence-electron chi connectivity index (χ1n) is 9.68. The second-order valence-corrected chi connectivity index (χ2v) is 7.13. The third-order valence-electron chi connectivity index (χ3n) is 4.86. The van der Waals surface area contributed by atoms with E-state index in [1.54, 1.807) is 4.90 Å². The average Bonchev–Trinajstić information content (AvgIpc) is 3.36. The van der Waals surface area contributed by atoms with Crippen molar-refractivity contribution in [1.29, 1.82) is 0 Å². The summed E-state index contributed by atoms with van der Waals surface area (Å²) in [6, 6.07) is 15.2. The van der Waals surface area contributed by atoms with Gasteiger partial charge in [0.15, 0.2) is 0 Å². The lowest BCUT2D eigenvalue weighted by Gasteiger charge is -2.16. The average molecular weight is 390 g/mol. The van der Waals surface area contributed by atoms with Crippen LogP contribution in [0.15, 0.2) is 53.1 Å². The second-order valence-electron chi connectivity index (χ2n) is 7.13. The number of nitrogens with one attached hydrogen (secondary N) is 1. The van der Waals surface area contributed by atoms with E-state index in [0.29, 0.717) is 30.2 Å². The molecule has 0 unspecified atom stereocenters. The lowest BCUT2D eigenvalue weighted by molar-refractivity contribution is -0.117. The van der Waals surface area contributed by atoms with Crippen LogP contribution in [0.2, 0.25) is 0 Å². The quantitative estimate of drug-likeness (QED) is 0.693. The van der Waals surface area contributed by atoms with E-state index in [4.69, 9.17) is 4.52 Å². The molecular weight excluding hydrogens is 368 g/mol. The standard InChI is InChI=1S/C22H22N4O3/c1-15-7-9-16(10-8-15)22-24-20(29-25-22)12-11-19(27)23-17-4-2-5-18(14-17)26-13-3-6-21(26)28/h2,4-5,7-10,14H,3,6,11-13H2,1H3,(H,23,27). The Balaban J connectivity index is 1.34. The van der Waals surface area contributed by atoms with E-state index in [-0.39, 0.29) is 18.2 Å². The SMILES string of the molecule is Cc1ccc(-c2noc(CCC(=O)Nc3cccc(N4CCCC4=O)c3)n2)cc1. The molecule has 1 saturated heterocycles. The third kappa shape index (κ3) is 4.51. The Morgan fingerprint density at radius 2 is 2.03 bits per heavy atom. The van der Waals surface area contributed by atoms with Gasteiger partial charge in [0.2, 0.25) is 23.5 Å². The van der Waals surface area contributed by atoms with Gasteiger partial charge in [-0.05, 0) is 31.5 Å². The van der Waals surface area contributed by atoms with Crippen LogP contribution in [-0.2, 0) is 16.0 Å². The molecule has 1 aliphatic rings. The zero-order valence-corrected chi connectivity index (χ0v) is 16.2. The maximum absolute atomic E-state index is 12.3. The van der Waals surface area contributed by atoms with Crippen molar-refractivity contribution in [1.82, 2.24) is 10.1 Å². The fourth-order valence-corrected chi connectivity index (χ4v) is 3.29. The van der Waals surface area contributed by atoms with Crippen molar-refractivity contribution in [3.63, 3.8) is 0 Å². The molecule has 0 spiro atoms. The second kappa shape index (κ2) is 8.26. The van der Waals surface area contributed by atoms with Gasteiger partial charge in [-0.2, -0.15) is 4.98 Å². The summed E-state index contributed by atoms with van der Waals surface area (Å²) in [5.41, 5.74) is 3.51. The number of benzene rings is 2. The van der Waals surface area contributed by atoms with Crippen LogP contribution >= 0.6 is 0 Å². The first-order chi connectivity index (χ1) is 14.1. The number of hydrogen-bond acceptors (Lipinski definition) is 5. The molecule has 0 saturated carbocycles. The highest BCUT2D eigenvalue weighted by molar-refractivity contribution is 5.97. The number of hydrogen-bond donors (Lipinski definition) is 1. The van der Waals surface area contributed by atoms with Crippen molar-refractivity contribution >= 4 is 23.2 Å². The molecule has 0 bridgehead atoms. The molecule has 7 nitrogen and oxygen atoms in total. The lowest BCUT2D eigenvalue weighted by atomic mass is 10.1. The van der Waals surface area contributed by atoms with Crippen molar-refractivity contribution in [3.05, 3.63) is 60.0 Å². The van der Waals surface area contributed by atoms with Crippen molar-refractivity contribution in [2.45, 2.75) is 32.6 Å². The maximum atomic E-state index is 12.3. The van der Waals surface area contributed by atoms with E-state index in [1.165, 1.54) is 0 Å². The summed E-state index contributed by atoms with van der Waals surface area (Å²) in [7, 11) is 0. The molecular formula is C22H22N4O3. The molecule has 2 amide bonds. The van der Waals surface area contributed by atoms with Crippen LogP contribution in [-0.4, -0.2) is 28.5 Å². The number of anilines is 2. The Hall–Kier alpha value is -3.48. The molecule has 1 N–H and O–H groups in total. The van der Waals surface area contributed by atoms with E-state index in [1.807, 2.05) is 55.5 Å². The largest absolute Gasteiger partial charge is 0.339 e. The Kier molecular flexibility index (Phi) is 5.37. The highest BCUT2D eigenvalue weighted by Crippen LogP contribution is 2.24. The fraction of sp³-hybridized carbons (Fsp3) is 0.273. The summed E-state index contributed by atoms with van der Waals surface area (Å²) in [6.07, 6.45) is 2.02. The molecule has 0 radical (unpaired) electrons. The number of nitrogens with zero attached hydrogens (tertiary/aromatic N) is 3. The molecule has 1 aliphatic heterocycles.